The third kappa shape index (κ3) is 3.94. The van der Waals surface area contributed by atoms with Crippen LogP contribution in [0.3, 0.4) is 0 Å². The Balaban J connectivity index is 2.97. The molecule has 0 aromatic carbocycles. The van der Waals surface area contributed by atoms with Crippen molar-refractivity contribution in [2.45, 2.75) is 26.4 Å². The molecule has 0 saturated heterocycles. The lowest BCUT2D eigenvalue weighted by Crippen LogP contribution is -2.27. The van der Waals surface area contributed by atoms with Crippen molar-refractivity contribution in [3.63, 3.8) is 0 Å². The second-order valence-corrected chi connectivity index (χ2v) is 4.44. The summed E-state index contributed by atoms with van der Waals surface area (Å²) >= 11 is 0. The first-order valence-electron chi connectivity index (χ1n) is 5.03. The number of nitro groups is 2. The van der Waals surface area contributed by atoms with E-state index in [1.165, 1.54) is 0 Å². The van der Waals surface area contributed by atoms with Crippen LogP contribution in [-0.2, 0) is 4.74 Å². The topological polar surface area (TPSA) is 138 Å². The Morgan fingerprint density at radius 1 is 1.32 bits per heavy atom. The van der Waals surface area contributed by atoms with Gasteiger partial charge in [-0.25, -0.2) is 4.79 Å². The molecule has 10 heteroatoms. The van der Waals surface area contributed by atoms with Gasteiger partial charge in [0.2, 0.25) is 0 Å². The molecule has 0 atom stereocenters. The van der Waals surface area contributed by atoms with E-state index in [1.54, 1.807) is 20.8 Å². The molecule has 104 valence electrons. The van der Waals surface area contributed by atoms with Gasteiger partial charge in [-0.2, -0.15) is 0 Å². The van der Waals surface area contributed by atoms with E-state index in [4.69, 9.17) is 4.74 Å². The molecular formula is C9H11N3O7. The first-order chi connectivity index (χ1) is 8.60. The fourth-order valence-corrected chi connectivity index (χ4v) is 1.08. The van der Waals surface area contributed by atoms with Crippen LogP contribution in [0.2, 0.25) is 0 Å². The number of carbonyl (C=O) groups is 1. The van der Waals surface area contributed by atoms with E-state index >= 15 is 0 Å². The van der Waals surface area contributed by atoms with Gasteiger partial charge in [-0.05, 0) is 20.8 Å². The number of ether oxygens (including phenoxy) is 1. The molecule has 1 heterocycles. The van der Waals surface area contributed by atoms with Gasteiger partial charge >= 0.3 is 17.7 Å². The largest absolute Gasteiger partial charge is 0.444 e. The van der Waals surface area contributed by atoms with Gasteiger partial charge in [0, 0.05) is 0 Å². The van der Waals surface area contributed by atoms with Crippen molar-refractivity contribution in [1.82, 2.24) is 0 Å². The normalized spacial score (nSPS) is 10.9. The Hall–Kier alpha value is -2.65. The fraction of sp³-hybridized carbons (Fsp3) is 0.444. The third-order valence-corrected chi connectivity index (χ3v) is 1.69. The Morgan fingerprint density at radius 3 is 2.32 bits per heavy atom. The van der Waals surface area contributed by atoms with Crippen LogP contribution in [0.4, 0.5) is 22.3 Å². The molecule has 0 unspecified atom stereocenters. The molecule has 0 spiro atoms. The minimum absolute atomic E-state index is 0.604. The van der Waals surface area contributed by atoms with Crippen LogP contribution < -0.4 is 5.32 Å². The molecule has 0 bridgehead atoms. The molecule has 10 nitrogen and oxygen atoms in total. The van der Waals surface area contributed by atoms with Crippen LogP contribution in [0.1, 0.15) is 20.8 Å². The zero-order valence-electron chi connectivity index (χ0n) is 10.3. The van der Waals surface area contributed by atoms with E-state index in [-0.39, 0.29) is 0 Å². The van der Waals surface area contributed by atoms with E-state index in [0.717, 1.165) is 0 Å². The average molecular weight is 273 g/mol. The maximum absolute atomic E-state index is 11.4. The highest BCUT2D eigenvalue weighted by Gasteiger charge is 2.29. The standard InChI is InChI=1S/C9H11N3O7/c1-9(2,3)19-8(13)10-7-5(11(14)15)4-6(18-7)12(16)17/h4H,1-3H3,(H,10,13). The summed E-state index contributed by atoms with van der Waals surface area (Å²) in [5.74, 6) is -1.50. The van der Waals surface area contributed by atoms with Gasteiger partial charge in [-0.1, -0.05) is 0 Å². The van der Waals surface area contributed by atoms with E-state index in [0.29, 0.717) is 6.07 Å². The van der Waals surface area contributed by atoms with Gasteiger partial charge < -0.3 is 9.15 Å². The number of furan rings is 1. The van der Waals surface area contributed by atoms with Crippen molar-refractivity contribution in [1.29, 1.82) is 0 Å². The number of anilines is 1. The van der Waals surface area contributed by atoms with Gasteiger partial charge in [-0.15, -0.1) is 0 Å². The second kappa shape index (κ2) is 4.92. The molecule has 1 aromatic rings. The summed E-state index contributed by atoms with van der Waals surface area (Å²) < 4.78 is 9.41. The van der Waals surface area contributed by atoms with Crippen LogP contribution in [0.5, 0.6) is 0 Å². The van der Waals surface area contributed by atoms with E-state index in [1.807, 2.05) is 5.32 Å². The summed E-state index contributed by atoms with van der Waals surface area (Å²) in [5.41, 5.74) is -1.55. The van der Waals surface area contributed by atoms with E-state index < -0.39 is 39.0 Å². The molecule has 0 fully saturated rings. The zero-order chi connectivity index (χ0) is 14.8. The highest BCUT2D eigenvalue weighted by molar-refractivity contribution is 5.86. The summed E-state index contributed by atoms with van der Waals surface area (Å²) in [6.45, 7) is 4.77. The summed E-state index contributed by atoms with van der Waals surface area (Å²) in [6.07, 6.45) is -1.01. The van der Waals surface area contributed by atoms with Crippen molar-refractivity contribution < 1.29 is 23.8 Å². The number of hydrogen-bond acceptors (Lipinski definition) is 7. The minimum atomic E-state index is -1.01. The molecule has 0 aliphatic carbocycles. The van der Waals surface area contributed by atoms with Crippen LogP contribution in [-0.4, -0.2) is 21.5 Å². The van der Waals surface area contributed by atoms with Gasteiger partial charge in [0.25, 0.3) is 5.88 Å². The van der Waals surface area contributed by atoms with Gasteiger partial charge in [0.15, 0.2) is 0 Å². The number of nitrogens with zero attached hydrogens (tertiary/aromatic N) is 2. The van der Waals surface area contributed by atoms with Crippen LogP contribution >= 0.6 is 0 Å². The van der Waals surface area contributed by atoms with Crippen LogP contribution in [0.25, 0.3) is 0 Å². The van der Waals surface area contributed by atoms with Crippen molar-refractivity contribution in [3.8, 4) is 0 Å². The quantitative estimate of drug-likeness (QED) is 0.659. The molecule has 1 rings (SSSR count). The van der Waals surface area contributed by atoms with Crippen LogP contribution in [0.15, 0.2) is 10.5 Å². The second-order valence-electron chi connectivity index (χ2n) is 4.44. The molecule has 19 heavy (non-hydrogen) atoms. The number of amides is 1. The maximum atomic E-state index is 11.4. The number of hydrogen-bond donors (Lipinski definition) is 1. The molecule has 0 aliphatic heterocycles. The van der Waals surface area contributed by atoms with Crippen molar-refractivity contribution in [3.05, 3.63) is 26.3 Å². The first-order valence-corrected chi connectivity index (χ1v) is 5.03. The van der Waals surface area contributed by atoms with Crippen molar-refractivity contribution in [2.24, 2.45) is 0 Å². The Morgan fingerprint density at radius 2 is 1.89 bits per heavy atom. The smallest absolute Gasteiger partial charge is 0.442 e. The lowest BCUT2D eigenvalue weighted by atomic mass is 10.2. The predicted octanol–water partition coefficient (Wildman–Crippen LogP) is 2.44. The lowest BCUT2D eigenvalue weighted by Gasteiger charge is -2.18. The van der Waals surface area contributed by atoms with Crippen molar-refractivity contribution >= 4 is 23.5 Å². The summed E-state index contributed by atoms with van der Waals surface area (Å²) in [7, 11) is 0. The van der Waals surface area contributed by atoms with E-state index in [2.05, 4.69) is 4.42 Å². The SMILES string of the molecule is CC(C)(C)OC(=O)Nc1oc([N+](=O)[O-])cc1[N+](=O)[O-]. The molecule has 1 N–H and O–H groups in total. The van der Waals surface area contributed by atoms with E-state index in [9.17, 15) is 25.0 Å². The third-order valence-electron chi connectivity index (χ3n) is 1.69. The van der Waals surface area contributed by atoms with Crippen LogP contribution in [0, 0.1) is 20.2 Å². The van der Waals surface area contributed by atoms with Crippen molar-refractivity contribution in [2.75, 3.05) is 5.32 Å². The minimum Gasteiger partial charge on any atom is -0.444 e. The fourth-order valence-electron chi connectivity index (χ4n) is 1.08. The Labute approximate surface area is 106 Å². The highest BCUT2D eigenvalue weighted by Crippen LogP contribution is 2.33. The van der Waals surface area contributed by atoms with Gasteiger partial charge in [-0.3, -0.25) is 25.5 Å². The number of rotatable bonds is 3. The molecular weight excluding hydrogens is 262 g/mol. The molecule has 1 amide bonds. The summed E-state index contributed by atoms with van der Waals surface area (Å²) in [5, 5.41) is 23.1. The summed E-state index contributed by atoms with van der Waals surface area (Å²) in [4.78, 5) is 30.6. The highest BCUT2D eigenvalue weighted by atomic mass is 16.7. The Bertz CT molecular complexity index is 528. The molecule has 0 saturated carbocycles. The first kappa shape index (κ1) is 14.4. The monoisotopic (exact) mass is 273 g/mol. The lowest BCUT2D eigenvalue weighted by molar-refractivity contribution is -0.402. The summed E-state index contributed by atoms with van der Waals surface area (Å²) in [6, 6.07) is 0.604. The van der Waals surface area contributed by atoms with Gasteiger partial charge in [0.05, 0.1) is 4.92 Å². The zero-order valence-corrected chi connectivity index (χ0v) is 10.3. The number of carbonyl (C=O) groups excluding carboxylic acids is 1. The maximum Gasteiger partial charge on any atom is 0.442 e. The molecule has 0 radical (unpaired) electrons. The number of nitrogens with one attached hydrogen (secondary N) is 1. The Kier molecular flexibility index (Phi) is 3.73. The molecule has 0 aliphatic rings. The molecule has 1 aromatic heterocycles. The van der Waals surface area contributed by atoms with Gasteiger partial charge in [0.1, 0.15) is 16.6 Å². The average Bonchev–Trinajstić information content (AvgIpc) is 2.58. The predicted molar refractivity (Wildman–Crippen MR) is 61.9 cm³/mol.